The van der Waals surface area contributed by atoms with Crippen molar-refractivity contribution in [2.24, 2.45) is 0 Å². The first-order chi connectivity index (χ1) is 13.6. The zero-order valence-corrected chi connectivity index (χ0v) is 16.4. The molecule has 0 aromatic heterocycles. The summed E-state index contributed by atoms with van der Waals surface area (Å²) < 4.78 is 18.5. The molecule has 1 saturated heterocycles. The van der Waals surface area contributed by atoms with Crippen LogP contribution in [0.15, 0.2) is 48.5 Å². The fraction of sp³-hybridized carbons (Fsp3) is 0.409. The maximum absolute atomic E-state index is 12.9. The summed E-state index contributed by atoms with van der Waals surface area (Å²) in [6.45, 7) is 7.43. The van der Waals surface area contributed by atoms with Crippen LogP contribution >= 0.6 is 0 Å². The van der Waals surface area contributed by atoms with E-state index in [0.717, 1.165) is 50.4 Å². The number of aryl methyl sites for hydroxylation is 1. The van der Waals surface area contributed by atoms with E-state index in [-0.39, 0.29) is 11.7 Å². The minimum atomic E-state index is -0.259. The first kappa shape index (κ1) is 20.3. The quantitative estimate of drug-likeness (QED) is 0.759. The minimum Gasteiger partial charge on any atom is -0.492 e. The van der Waals surface area contributed by atoms with Gasteiger partial charge >= 0.3 is 0 Å². The van der Waals surface area contributed by atoms with Gasteiger partial charge in [-0.15, -0.1) is 0 Å². The molecule has 0 atom stereocenters. The number of carbonyl (C=O) groups is 1. The van der Waals surface area contributed by atoms with Crippen LogP contribution in [-0.4, -0.2) is 61.6 Å². The second-order valence-corrected chi connectivity index (χ2v) is 6.98. The number of ether oxygens (including phenoxy) is 1. The highest BCUT2D eigenvalue weighted by molar-refractivity contribution is 5.93. The Morgan fingerprint density at radius 2 is 1.71 bits per heavy atom. The molecular formula is C22H28FN3O2. The van der Waals surface area contributed by atoms with Gasteiger partial charge in [-0.3, -0.25) is 14.6 Å². The van der Waals surface area contributed by atoms with Gasteiger partial charge in [0.1, 0.15) is 18.2 Å². The Hall–Kier alpha value is -2.44. The van der Waals surface area contributed by atoms with Gasteiger partial charge in [-0.1, -0.05) is 25.1 Å². The molecule has 3 rings (SSSR count). The maximum atomic E-state index is 12.9. The lowest BCUT2D eigenvalue weighted by atomic mass is 10.1. The smallest absolute Gasteiger partial charge is 0.238 e. The molecule has 150 valence electrons. The first-order valence-corrected chi connectivity index (χ1v) is 9.85. The molecule has 5 nitrogen and oxygen atoms in total. The van der Waals surface area contributed by atoms with E-state index in [4.69, 9.17) is 4.74 Å². The number of benzene rings is 2. The fourth-order valence-corrected chi connectivity index (χ4v) is 3.34. The summed E-state index contributed by atoms with van der Waals surface area (Å²) in [7, 11) is 0. The number of hydrogen-bond acceptors (Lipinski definition) is 4. The third kappa shape index (κ3) is 6.04. The van der Waals surface area contributed by atoms with Gasteiger partial charge in [-0.25, -0.2) is 4.39 Å². The molecule has 0 radical (unpaired) electrons. The summed E-state index contributed by atoms with van der Waals surface area (Å²) in [6, 6.07) is 14.0. The standard InChI is InChI=1S/C22H28FN3O2/c1-2-18-5-3-4-6-21(18)24-22(27)17-26-13-11-25(12-14-26)15-16-28-20-9-7-19(23)8-10-20/h3-10H,2,11-17H2,1H3,(H,24,27). The second kappa shape index (κ2) is 10.2. The van der Waals surface area contributed by atoms with Crippen LogP contribution in [0.4, 0.5) is 10.1 Å². The number of anilines is 1. The summed E-state index contributed by atoms with van der Waals surface area (Å²) in [6.07, 6.45) is 0.898. The molecule has 1 amide bonds. The molecule has 1 aliphatic rings. The highest BCUT2D eigenvalue weighted by Crippen LogP contribution is 2.15. The van der Waals surface area contributed by atoms with Crippen molar-refractivity contribution in [3.05, 3.63) is 59.9 Å². The molecular weight excluding hydrogens is 357 g/mol. The van der Waals surface area contributed by atoms with Gasteiger partial charge in [-0.2, -0.15) is 0 Å². The zero-order valence-electron chi connectivity index (χ0n) is 16.4. The molecule has 6 heteroatoms. The summed E-state index contributed by atoms with van der Waals surface area (Å²) in [5, 5.41) is 3.04. The van der Waals surface area contributed by atoms with E-state index in [9.17, 15) is 9.18 Å². The van der Waals surface area contributed by atoms with Crippen LogP contribution in [0.5, 0.6) is 5.75 Å². The lowest BCUT2D eigenvalue weighted by Crippen LogP contribution is -2.49. The largest absolute Gasteiger partial charge is 0.492 e. The topological polar surface area (TPSA) is 44.8 Å². The van der Waals surface area contributed by atoms with Gasteiger partial charge in [0.05, 0.1) is 6.54 Å². The van der Waals surface area contributed by atoms with Crippen molar-refractivity contribution in [2.75, 3.05) is 51.2 Å². The molecule has 28 heavy (non-hydrogen) atoms. The van der Waals surface area contributed by atoms with E-state index in [1.807, 2.05) is 24.3 Å². The van der Waals surface area contributed by atoms with Gasteiger partial charge in [0.2, 0.25) is 5.91 Å². The van der Waals surface area contributed by atoms with Crippen LogP contribution in [0.3, 0.4) is 0 Å². The maximum Gasteiger partial charge on any atom is 0.238 e. The Balaban J connectivity index is 1.35. The summed E-state index contributed by atoms with van der Waals surface area (Å²) in [4.78, 5) is 16.9. The molecule has 1 N–H and O–H groups in total. The van der Waals surface area contributed by atoms with Crippen LogP contribution in [-0.2, 0) is 11.2 Å². The number of hydrogen-bond donors (Lipinski definition) is 1. The van der Waals surface area contributed by atoms with E-state index in [1.54, 1.807) is 12.1 Å². The van der Waals surface area contributed by atoms with Crippen molar-refractivity contribution in [1.29, 1.82) is 0 Å². The predicted molar refractivity (Wildman–Crippen MR) is 109 cm³/mol. The van der Waals surface area contributed by atoms with Gasteiger partial charge in [-0.05, 0) is 42.3 Å². The molecule has 0 aliphatic carbocycles. The monoisotopic (exact) mass is 385 g/mol. The number of nitrogens with zero attached hydrogens (tertiary/aromatic N) is 2. The third-order valence-corrected chi connectivity index (χ3v) is 4.99. The molecule has 0 bridgehead atoms. The highest BCUT2D eigenvalue weighted by Gasteiger charge is 2.19. The van der Waals surface area contributed by atoms with Crippen molar-refractivity contribution in [3.8, 4) is 5.75 Å². The average Bonchev–Trinajstić information content (AvgIpc) is 2.71. The van der Waals surface area contributed by atoms with Crippen LogP contribution < -0.4 is 10.1 Å². The van der Waals surface area contributed by atoms with Gasteiger partial charge in [0.15, 0.2) is 0 Å². The number of halogens is 1. The number of rotatable bonds is 8. The zero-order chi connectivity index (χ0) is 19.8. The molecule has 0 unspecified atom stereocenters. The molecule has 0 spiro atoms. The Labute approximate surface area is 166 Å². The molecule has 1 aliphatic heterocycles. The molecule has 1 fully saturated rings. The Morgan fingerprint density at radius 3 is 2.43 bits per heavy atom. The fourth-order valence-electron chi connectivity index (χ4n) is 3.34. The number of amides is 1. The van der Waals surface area contributed by atoms with Gasteiger partial charge < -0.3 is 10.1 Å². The summed E-state index contributed by atoms with van der Waals surface area (Å²) in [5.41, 5.74) is 2.06. The predicted octanol–water partition coefficient (Wildman–Crippen LogP) is 3.02. The Morgan fingerprint density at radius 1 is 1.04 bits per heavy atom. The first-order valence-electron chi connectivity index (χ1n) is 9.85. The minimum absolute atomic E-state index is 0.0361. The van der Waals surface area contributed by atoms with E-state index in [0.29, 0.717) is 18.9 Å². The second-order valence-electron chi connectivity index (χ2n) is 6.98. The van der Waals surface area contributed by atoms with Crippen molar-refractivity contribution in [2.45, 2.75) is 13.3 Å². The SMILES string of the molecule is CCc1ccccc1NC(=O)CN1CCN(CCOc2ccc(F)cc2)CC1. The molecule has 0 saturated carbocycles. The van der Waals surface area contributed by atoms with E-state index in [2.05, 4.69) is 22.0 Å². The van der Waals surface area contributed by atoms with Crippen molar-refractivity contribution < 1.29 is 13.9 Å². The number of para-hydroxylation sites is 1. The Bertz CT molecular complexity index is 759. The third-order valence-electron chi connectivity index (χ3n) is 4.99. The van der Waals surface area contributed by atoms with Crippen LogP contribution in [0, 0.1) is 5.82 Å². The summed E-state index contributed by atoms with van der Waals surface area (Å²) >= 11 is 0. The average molecular weight is 385 g/mol. The lowest BCUT2D eigenvalue weighted by Gasteiger charge is -2.34. The van der Waals surface area contributed by atoms with Crippen LogP contribution in [0.25, 0.3) is 0 Å². The van der Waals surface area contributed by atoms with E-state index >= 15 is 0 Å². The van der Waals surface area contributed by atoms with Crippen molar-refractivity contribution >= 4 is 11.6 Å². The molecule has 1 heterocycles. The van der Waals surface area contributed by atoms with Crippen LogP contribution in [0.2, 0.25) is 0 Å². The number of piperazine rings is 1. The van der Waals surface area contributed by atoms with Gasteiger partial charge in [0.25, 0.3) is 0 Å². The normalized spacial score (nSPS) is 15.4. The molecule has 2 aromatic rings. The van der Waals surface area contributed by atoms with Crippen molar-refractivity contribution in [3.63, 3.8) is 0 Å². The lowest BCUT2D eigenvalue weighted by molar-refractivity contribution is -0.117. The van der Waals surface area contributed by atoms with E-state index < -0.39 is 0 Å². The highest BCUT2D eigenvalue weighted by atomic mass is 19.1. The Kier molecular flexibility index (Phi) is 7.39. The molecule has 2 aromatic carbocycles. The van der Waals surface area contributed by atoms with E-state index in [1.165, 1.54) is 12.1 Å². The van der Waals surface area contributed by atoms with Crippen LogP contribution in [0.1, 0.15) is 12.5 Å². The number of nitrogens with one attached hydrogen (secondary N) is 1. The number of carbonyl (C=O) groups excluding carboxylic acids is 1. The van der Waals surface area contributed by atoms with Crippen molar-refractivity contribution in [1.82, 2.24) is 9.80 Å². The summed E-state index contributed by atoms with van der Waals surface area (Å²) in [5.74, 6) is 0.462. The van der Waals surface area contributed by atoms with Gasteiger partial charge in [0, 0.05) is 38.4 Å².